The summed E-state index contributed by atoms with van der Waals surface area (Å²) in [5.41, 5.74) is 0.597. The second-order valence-electron chi connectivity index (χ2n) is 4.39. The van der Waals surface area contributed by atoms with E-state index >= 15 is 0 Å². The first kappa shape index (κ1) is 16.0. The van der Waals surface area contributed by atoms with Gasteiger partial charge in [0.15, 0.2) is 11.5 Å². The predicted octanol–water partition coefficient (Wildman–Crippen LogP) is 2.21. The summed E-state index contributed by atoms with van der Waals surface area (Å²) >= 11 is 0. The minimum atomic E-state index is -0.445. The summed E-state index contributed by atoms with van der Waals surface area (Å²) in [6.45, 7) is 0.553. The van der Waals surface area contributed by atoms with Crippen LogP contribution in [0.2, 0.25) is 0 Å². The molecule has 5 heteroatoms. The van der Waals surface area contributed by atoms with Crippen LogP contribution in [-0.2, 0) is 9.53 Å². The third kappa shape index (κ3) is 6.24. The normalized spacial score (nSPS) is 10.8. The van der Waals surface area contributed by atoms with Gasteiger partial charge >= 0.3 is 5.97 Å². The molecule has 0 radical (unpaired) electrons. The van der Waals surface area contributed by atoms with Gasteiger partial charge in [-0.15, -0.1) is 0 Å². The number of unbranched alkanes of at least 4 members (excludes halogenated alkanes) is 3. The number of carbonyl (C=O) groups is 1. The van der Waals surface area contributed by atoms with Crippen molar-refractivity contribution in [3.63, 3.8) is 0 Å². The van der Waals surface area contributed by atoms with Crippen LogP contribution in [0.4, 0.5) is 0 Å². The van der Waals surface area contributed by atoms with E-state index in [4.69, 9.17) is 14.9 Å². The Balaban J connectivity index is 2.27. The number of aromatic hydroxyl groups is 2. The zero-order valence-corrected chi connectivity index (χ0v) is 11.3. The smallest absolute Gasteiger partial charge is 0.330 e. The van der Waals surface area contributed by atoms with Gasteiger partial charge in [-0.3, -0.25) is 0 Å². The molecule has 0 saturated heterocycles. The van der Waals surface area contributed by atoms with Crippen molar-refractivity contribution < 1.29 is 24.9 Å². The molecule has 0 spiro atoms. The number of hydrogen-bond donors (Lipinski definition) is 3. The lowest BCUT2D eigenvalue weighted by molar-refractivity contribution is -0.137. The van der Waals surface area contributed by atoms with Crippen molar-refractivity contribution in [3.8, 4) is 11.5 Å². The Bertz CT molecular complexity index is 454. The molecule has 0 aromatic heterocycles. The summed E-state index contributed by atoms with van der Waals surface area (Å²) in [6, 6.07) is 4.28. The van der Waals surface area contributed by atoms with Crippen LogP contribution in [0.25, 0.3) is 6.08 Å². The number of hydrogen-bond acceptors (Lipinski definition) is 5. The van der Waals surface area contributed by atoms with Gasteiger partial charge in [-0.25, -0.2) is 4.79 Å². The average molecular weight is 280 g/mol. The van der Waals surface area contributed by atoms with Crippen LogP contribution in [0.15, 0.2) is 24.3 Å². The molecule has 1 aromatic carbocycles. The van der Waals surface area contributed by atoms with Crippen LogP contribution >= 0.6 is 0 Å². The third-order valence-corrected chi connectivity index (χ3v) is 2.71. The van der Waals surface area contributed by atoms with E-state index in [1.807, 2.05) is 0 Å². The highest BCUT2D eigenvalue weighted by atomic mass is 16.5. The third-order valence-electron chi connectivity index (χ3n) is 2.71. The molecule has 0 heterocycles. The van der Waals surface area contributed by atoms with Crippen LogP contribution in [0.1, 0.15) is 31.2 Å². The lowest BCUT2D eigenvalue weighted by atomic mass is 10.2. The monoisotopic (exact) mass is 280 g/mol. The van der Waals surface area contributed by atoms with Crippen molar-refractivity contribution in [1.82, 2.24) is 0 Å². The second-order valence-corrected chi connectivity index (χ2v) is 4.39. The Morgan fingerprint density at radius 2 is 1.85 bits per heavy atom. The SMILES string of the molecule is O=C(/C=C/c1ccc(O)c(O)c1)OCCCCCCO. The van der Waals surface area contributed by atoms with Crippen LogP contribution in [0, 0.1) is 0 Å². The molecule has 1 rings (SSSR count). The van der Waals surface area contributed by atoms with Crippen molar-refractivity contribution in [3.05, 3.63) is 29.8 Å². The molecule has 110 valence electrons. The molecule has 0 fully saturated rings. The average Bonchev–Trinajstić information content (AvgIpc) is 2.44. The van der Waals surface area contributed by atoms with Gasteiger partial charge in [0, 0.05) is 12.7 Å². The number of ether oxygens (including phenoxy) is 1. The minimum absolute atomic E-state index is 0.196. The van der Waals surface area contributed by atoms with E-state index in [1.54, 1.807) is 6.07 Å². The van der Waals surface area contributed by atoms with Gasteiger partial charge in [0.1, 0.15) is 0 Å². The molecule has 3 N–H and O–H groups in total. The number of aliphatic hydroxyl groups is 1. The molecule has 1 aromatic rings. The summed E-state index contributed by atoms with van der Waals surface area (Å²) in [6.07, 6.45) is 6.19. The number of phenolic OH excluding ortho intramolecular Hbond substituents is 2. The van der Waals surface area contributed by atoms with Crippen LogP contribution < -0.4 is 0 Å². The predicted molar refractivity (Wildman–Crippen MR) is 75.3 cm³/mol. The van der Waals surface area contributed by atoms with E-state index in [2.05, 4.69) is 0 Å². The topological polar surface area (TPSA) is 87.0 Å². The largest absolute Gasteiger partial charge is 0.504 e. The van der Waals surface area contributed by atoms with E-state index in [-0.39, 0.29) is 18.1 Å². The van der Waals surface area contributed by atoms with Gasteiger partial charge < -0.3 is 20.1 Å². The van der Waals surface area contributed by atoms with E-state index in [0.29, 0.717) is 12.2 Å². The van der Waals surface area contributed by atoms with Crippen LogP contribution in [0.3, 0.4) is 0 Å². The van der Waals surface area contributed by atoms with Gasteiger partial charge in [-0.05, 0) is 43.0 Å². The van der Waals surface area contributed by atoms with Gasteiger partial charge in [-0.2, -0.15) is 0 Å². The molecule has 0 amide bonds. The molecular weight excluding hydrogens is 260 g/mol. The zero-order chi connectivity index (χ0) is 14.8. The number of phenols is 2. The number of esters is 1. The Morgan fingerprint density at radius 3 is 2.55 bits per heavy atom. The van der Waals surface area contributed by atoms with Gasteiger partial charge in [0.05, 0.1) is 6.61 Å². The van der Waals surface area contributed by atoms with Crippen molar-refractivity contribution in [2.45, 2.75) is 25.7 Å². The van der Waals surface area contributed by atoms with Crippen molar-refractivity contribution >= 4 is 12.0 Å². The quantitative estimate of drug-likeness (QED) is 0.294. The lowest BCUT2D eigenvalue weighted by Crippen LogP contribution is -2.02. The fourth-order valence-electron chi connectivity index (χ4n) is 1.60. The fourth-order valence-corrected chi connectivity index (χ4v) is 1.60. The number of aliphatic hydroxyl groups excluding tert-OH is 1. The molecule has 0 aliphatic heterocycles. The summed E-state index contributed by atoms with van der Waals surface area (Å²) in [5, 5.41) is 27.0. The van der Waals surface area contributed by atoms with Crippen molar-refractivity contribution in [2.75, 3.05) is 13.2 Å². The highest BCUT2D eigenvalue weighted by molar-refractivity contribution is 5.87. The first-order chi connectivity index (χ1) is 9.63. The van der Waals surface area contributed by atoms with Gasteiger partial charge in [0.2, 0.25) is 0 Å². The summed E-state index contributed by atoms with van der Waals surface area (Å²) in [4.78, 5) is 11.4. The fraction of sp³-hybridized carbons (Fsp3) is 0.400. The zero-order valence-electron chi connectivity index (χ0n) is 11.3. The van der Waals surface area contributed by atoms with E-state index in [1.165, 1.54) is 24.3 Å². The number of carbonyl (C=O) groups excluding carboxylic acids is 1. The number of benzene rings is 1. The maximum atomic E-state index is 11.4. The Hall–Kier alpha value is -2.01. The summed E-state index contributed by atoms with van der Waals surface area (Å²) in [7, 11) is 0. The first-order valence-corrected chi connectivity index (χ1v) is 6.61. The highest BCUT2D eigenvalue weighted by Crippen LogP contribution is 2.25. The molecule has 0 aliphatic carbocycles. The van der Waals surface area contributed by atoms with Crippen LogP contribution in [-0.4, -0.2) is 34.5 Å². The van der Waals surface area contributed by atoms with E-state index in [0.717, 1.165) is 25.7 Å². The van der Waals surface area contributed by atoms with E-state index in [9.17, 15) is 9.90 Å². The van der Waals surface area contributed by atoms with Crippen molar-refractivity contribution in [1.29, 1.82) is 0 Å². The molecule has 0 saturated carbocycles. The highest BCUT2D eigenvalue weighted by Gasteiger charge is 2.00. The first-order valence-electron chi connectivity index (χ1n) is 6.61. The maximum absolute atomic E-state index is 11.4. The van der Waals surface area contributed by atoms with Gasteiger partial charge in [0.25, 0.3) is 0 Å². The molecule has 0 aliphatic rings. The minimum Gasteiger partial charge on any atom is -0.504 e. The Kier molecular flexibility index (Phi) is 7.21. The second kappa shape index (κ2) is 8.98. The number of rotatable bonds is 8. The Labute approximate surface area is 118 Å². The Morgan fingerprint density at radius 1 is 1.10 bits per heavy atom. The summed E-state index contributed by atoms with van der Waals surface area (Å²) in [5.74, 6) is -0.878. The molecular formula is C15H20O5. The molecule has 0 atom stereocenters. The molecule has 20 heavy (non-hydrogen) atoms. The lowest BCUT2D eigenvalue weighted by Gasteiger charge is -2.02. The van der Waals surface area contributed by atoms with Crippen molar-refractivity contribution in [2.24, 2.45) is 0 Å². The van der Waals surface area contributed by atoms with E-state index < -0.39 is 5.97 Å². The molecule has 0 unspecified atom stereocenters. The van der Waals surface area contributed by atoms with Crippen LogP contribution in [0.5, 0.6) is 11.5 Å². The molecule has 0 bridgehead atoms. The van der Waals surface area contributed by atoms with Gasteiger partial charge in [-0.1, -0.05) is 12.5 Å². The summed E-state index contributed by atoms with van der Waals surface area (Å²) < 4.78 is 5.00. The maximum Gasteiger partial charge on any atom is 0.330 e. The standard InChI is InChI=1S/C15H20O5/c16-9-3-1-2-4-10-20-15(19)8-6-12-5-7-13(17)14(18)11-12/h5-8,11,16-18H,1-4,9-10H2/b8-6+. The molecule has 5 nitrogen and oxygen atoms in total.